The molecule has 0 aromatic carbocycles. The van der Waals surface area contributed by atoms with Crippen molar-refractivity contribution >= 4 is 6.03 Å². The van der Waals surface area contributed by atoms with Gasteiger partial charge < -0.3 is 15.7 Å². The lowest BCUT2D eigenvalue weighted by molar-refractivity contribution is 0.199. The van der Waals surface area contributed by atoms with Crippen molar-refractivity contribution in [3.05, 3.63) is 0 Å². The Morgan fingerprint density at radius 2 is 1.94 bits per heavy atom. The molecule has 0 aromatic heterocycles. The number of urea groups is 1. The summed E-state index contributed by atoms with van der Waals surface area (Å²) in [6.07, 6.45) is 8.02. The van der Waals surface area contributed by atoms with Crippen LogP contribution >= 0.6 is 0 Å². The van der Waals surface area contributed by atoms with Crippen molar-refractivity contribution in [3.8, 4) is 0 Å². The van der Waals surface area contributed by atoms with E-state index in [0.717, 1.165) is 31.6 Å². The summed E-state index contributed by atoms with van der Waals surface area (Å²) < 4.78 is 0. The van der Waals surface area contributed by atoms with Crippen molar-refractivity contribution in [2.24, 2.45) is 11.3 Å². The summed E-state index contributed by atoms with van der Waals surface area (Å²) in [5.74, 6) is 0.857. The second kappa shape index (κ2) is 5.91. The van der Waals surface area contributed by atoms with Crippen molar-refractivity contribution < 1.29 is 9.90 Å². The van der Waals surface area contributed by atoms with E-state index in [1.165, 1.54) is 19.3 Å². The minimum atomic E-state index is -0.0605. The van der Waals surface area contributed by atoms with Gasteiger partial charge in [-0.1, -0.05) is 13.3 Å². The second-order valence-electron chi connectivity index (χ2n) is 6.11. The molecule has 3 N–H and O–H groups in total. The molecular weight excluding hydrogens is 228 g/mol. The Morgan fingerprint density at radius 1 is 1.28 bits per heavy atom. The maximum absolute atomic E-state index is 11.7. The zero-order valence-corrected chi connectivity index (χ0v) is 11.4. The third-order valence-corrected chi connectivity index (χ3v) is 4.68. The van der Waals surface area contributed by atoms with Gasteiger partial charge in [0.2, 0.25) is 0 Å². The Balaban J connectivity index is 1.62. The summed E-state index contributed by atoms with van der Waals surface area (Å²) in [5, 5.41) is 15.1. The topological polar surface area (TPSA) is 61.4 Å². The summed E-state index contributed by atoms with van der Waals surface area (Å²) in [4.78, 5) is 11.7. The second-order valence-corrected chi connectivity index (χ2v) is 6.11. The number of amides is 2. The highest BCUT2D eigenvalue weighted by Gasteiger charge is 2.42. The lowest BCUT2D eigenvalue weighted by atomic mass is 9.85. The molecule has 0 aliphatic heterocycles. The molecule has 0 heterocycles. The van der Waals surface area contributed by atoms with Gasteiger partial charge in [0.15, 0.2) is 0 Å². The molecule has 0 bridgehead atoms. The van der Waals surface area contributed by atoms with Gasteiger partial charge in [-0.25, -0.2) is 4.79 Å². The van der Waals surface area contributed by atoms with Gasteiger partial charge in [0, 0.05) is 18.0 Å². The van der Waals surface area contributed by atoms with Crippen LogP contribution in [0.5, 0.6) is 0 Å². The highest BCUT2D eigenvalue weighted by Crippen LogP contribution is 2.44. The number of aliphatic hydroxyl groups is 1. The molecule has 2 aliphatic carbocycles. The van der Waals surface area contributed by atoms with E-state index in [1.54, 1.807) is 0 Å². The SMILES string of the molecule is CCC1CCC(NC(=O)NCC2(CO)CC2)CC1. The summed E-state index contributed by atoms with van der Waals surface area (Å²) in [5.41, 5.74) is -0.00277. The first kappa shape index (κ1) is 13.7. The number of carbonyl (C=O) groups excluding carboxylic acids is 1. The fourth-order valence-corrected chi connectivity index (χ4v) is 2.79. The Kier molecular flexibility index (Phi) is 4.49. The maximum Gasteiger partial charge on any atom is 0.315 e. The van der Waals surface area contributed by atoms with Crippen LogP contribution in [0.15, 0.2) is 0 Å². The van der Waals surface area contributed by atoms with E-state index in [4.69, 9.17) is 0 Å². The number of hydrogen-bond donors (Lipinski definition) is 3. The predicted octanol–water partition coefficient (Wildman–Crippen LogP) is 2.03. The third-order valence-electron chi connectivity index (χ3n) is 4.68. The molecule has 4 heteroatoms. The molecule has 2 saturated carbocycles. The Hall–Kier alpha value is -0.770. The van der Waals surface area contributed by atoms with Crippen molar-refractivity contribution in [3.63, 3.8) is 0 Å². The van der Waals surface area contributed by atoms with Crippen LogP contribution in [0.1, 0.15) is 51.9 Å². The van der Waals surface area contributed by atoms with Crippen LogP contribution < -0.4 is 10.6 Å². The van der Waals surface area contributed by atoms with E-state index in [9.17, 15) is 9.90 Å². The molecule has 2 aliphatic rings. The summed E-state index contributed by atoms with van der Waals surface area (Å²) in [6.45, 7) is 3.05. The van der Waals surface area contributed by atoms with Crippen LogP contribution in [0.4, 0.5) is 4.79 Å². The molecule has 0 aromatic rings. The predicted molar refractivity (Wildman–Crippen MR) is 71.3 cm³/mol. The zero-order chi connectivity index (χ0) is 13.0. The number of rotatable bonds is 5. The number of nitrogens with one attached hydrogen (secondary N) is 2. The summed E-state index contributed by atoms with van der Waals surface area (Å²) in [7, 11) is 0. The fraction of sp³-hybridized carbons (Fsp3) is 0.929. The minimum absolute atomic E-state index is 0.00277. The molecule has 18 heavy (non-hydrogen) atoms. The van der Waals surface area contributed by atoms with Crippen LogP contribution in [0, 0.1) is 11.3 Å². The quantitative estimate of drug-likeness (QED) is 0.703. The van der Waals surface area contributed by atoms with Crippen molar-refractivity contribution in [1.29, 1.82) is 0 Å². The molecule has 0 saturated heterocycles. The number of carbonyl (C=O) groups is 1. The average Bonchev–Trinajstić information content (AvgIpc) is 3.18. The van der Waals surface area contributed by atoms with Gasteiger partial charge >= 0.3 is 6.03 Å². The molecule has 2 rings (SSSR count). The Bertz CT molecular complexity index is 282. The zero-order valence-electron chi connectivity index (χ0n) is 11.4. The smallest absolute Gasteiger partial charge is 0.315 e. The van der Waals surface area contributed by atoms with Gasteiger partial charge in [-0.05, 0) is 44.4 Å². The Labute approximate surface area is 110 Å². The fourth-order valence-electron chi connectivity index (χ4n) is 2.79. The molecule has 0 spiro atoms. The van der Waals surface area contributed by atoms with E-state index in [-0.39, 0.29) is 18.1 Å². The largest absolute Gasteiger partial charge is 0.396 e. The van der Waals surface area contributed by atoms with Gasteiger partial charge in [-0.15, -0.1) is 0 Å². The van der Waals surface area contributed by atoms with Crippen LogP contribution in [-0.4, -0.2) is 30.3 Å². The van der Waals surface area contributed by atoms with Gasteiger partial charge in [0.25, 0.3) is 0 Å². The average molecular weight is 254 g/mol. The number of aliphatic hydroxyl groups excluding tert-OH is 1. The molecule has 0 unspecified atom stereocenters. The first-order chi connectivity index (χ1) is 8.67. The highest BCUT2D eigenvalue weighted by molar-refractivity contribution is 5.74. The number of hydrogen-bond acceptors (Lipinski definition) is 2. The van der Waals surface area contributed by atoms with E-state index in [1.807, 2.05) is 0 Å². The third kappa shape index (κ3) is 3.61. The van der Waals surface area contributed by atoms with Crippen molar-refractivity contribution in [2.45, 2.75) is 57.9 Å². The van der Waals surface area contributed by atoms with E-state index in [2.05, 4.69) is 17.6 Å². The first-order valence-corrected chi connectivity index (χ1v) is 7.33. The lowest BCUT2D eigenvalue weighted by Crippen LogP contribution is -2.45. The standard InChI is InChI=1S/C14H26N2O2/c1-2-11-3-5-12(6-4-11)16-13(18)15-9-14(10-17)7-8-14/h11-12,17H,2-10H2,1H3,(H2,15,16,18). The van der Waals surface area contributed by atoms with Gasteiger partial charge in [-0.2, -0.15) is 0 Å². The van der Waals surface area contributed by atoms with Crippen LogP contribution in [-0.2, 0) is 0 Å². The summed E-state index contributed by atoms with van der Waals surface area (Å²) in [6, 6.07) is 0.284. The molecule has 4 nitrogen and oxygen atoms in total. The minimum Gasteiger partial charge on any atom is -0.396 e. The summed E-state index contributed by atoms with van der Waals surface area (Å²) >= 11 is 0. The lowest BCUT2D eigenvalue weighted by Gasteiger charge is -2.28. The molecule has 2 amide bonds. The van der Waals surface area contributed by atoms with E-state index < -0.39 is 0 Å². The van der Waals surface area contributed by atoms with Crippen LogP contribution in [0.25, 0.3) is 0 Å². The molecule has 104 valence electrons. The molecular formula is C14H26N2O2. The van der Waals surface area contributed by atoms with Gasteiger partial charge in [0.1, 0.15) is 0 Å². The molecule has 2 fully saturated rings. The Morgan fingerprint density at radius 3 is 2.44 bits per heavy atom. The van der Waals surface area contributed by atoms with Gasteiger partial charge in [-0.3, -0.25) is 0 Å². The normalized spacial score (nSPS) is 29.7. The van der Waals surface area contributed by atoms with E-state index >= 15 is 0 Å². The molecule has 0 radical (unpaired) electrons. The van der Waals surface area contributed by atoms with Crippen molar-refractivity contribution in [2.75, 3.05) is 13.2 Å². The van der Waals surface area contributed by atoms with Crippen molar-refractivity contribution in [1.82, 2.24) is 10.6 Å². The van der Waals surface area contributed by atoms with Crippen LogP contribution in [0.2, 0.25) is 0 Å². The maximum atomic E-state index is 11.7. The van der Waals surface area contributed by atoms with E-state index in [0.29, 0.717) is 12.6 Å². The molecule has 0 atom stereocenters. The monoisotopic (exact) mass is 254 g/mol. The van der Waals surface area contributed by atoms with Crippen LogP contribution in [0.3, 0.4) is 0 Å². The first-order valence-electron chi connectivity index (χ1n) is 7.33. The highest BCUT2D eigenvalue weighted by atomic mass is 16.3. The van der Waals surface area contributed by atoms with Gasteiger partial charge in [0.05, 0.1) is 6.61 Å².